The number of alkyl halides is 4. The summed E-state index contributed by atoms with van der Waals surface area (Å²) in [5, 5.41) is -0.220. The summed E-state index contributed by atoms with van der Waals surface area (Å²) in [6.07, 6.45) is -4.52. The maximum Gasteiger partial charge on any atom is 0.408 e. The van der Waals surface area contributed by atoms with Crippen LogP contribution in [0, 0.1) is 5.82 Å². The number of hydrogen-bond donors (Lipinski definition) is 0. The van der Waals surface area contributed by atoms with Gasteiger partial charge in [0.1, 0.15) is 11.9 Å². The molecule has 1 amide bonds. The number of halogens is 5. The number of nitrogens with zero attached hydrogens (tertiary/aromatic N) is 1. The zero-order valence-electron chi connectivity index (χ0n) is 10.0. The maximum atomic E-state index is 13.0. The summed E-state index contributed by atoms with van der Waals surface area (Å²) in [5.41, 5.74) is 0.311. The Morgan fingerprint density at radius 2 is 2.05 bits per heavy atom. The van der Waals surface area contributed by atoms with Crippen LogP contribution in [0.4, 0.5) is 17.6 Å². The van der Waals surface area contributed by atoms with Crippen molar-refractivity contribution in [2.75, 3.05) is 5.33 Å². The van der Waals surface area contributed by atoms with Crippen molar-refractivity contribution in [3.63, 3.8) is 0 Å². The maximum absolute atomic E-state index is 13.0. The highest BCUT2D eigenvalue weighted by Gasteiger charge is 2.41. The summed E-state index contributed by atoms with van der Waals surface area (Å²) in [4.78, 5) is 12.2. The van der Waals surface area contributed by atoms with E-state index in [4.69, 9.17) is 0 Å². The van der Waals surface area contributed by atoms with Crippen molar-refractivity contribution < 1.29 is 22.4 Å². The summed E-state index contributed by atoms with van der Waals surface area (Å²) in [5.74, 6) is -1.25. The molecule has 0 fully saturated rings. The lowest BCUT2D eigenvalue weighted by atomic mass is 10.1. The topological polar surface area (TPSA) is 20.3 Å². The monoisotopic (exact) mass is 341 g/mol. The fourth-order valence-electron chi connectivity index (χ4n) is 1.53. The van der Waals surface area contributed by atoms with Crippen molar-refractivity contribution in [3.8, 4) is 0 Å². The number of hydrogen-bond acceptors (Lipinski definition) is 1. The van der Waals surface area contributed by atoms with E-state index in [1.165, 1.54) is 18.2 Å². The molecule has 0 aliphatic heterocycles. The highest BCUT2D eigenvalue weighted by molar-refractivity contribution is 9.09. The summed E-state index contributed by atoms with van der Waals surface area (Å²) in [6.45, 7) is 0.614. The minimum Gasteiger partial charge on any atom is -0.326 e. The van der Waals surface area contributed by atoms with Crippen molar-refractivity contribution in [1.29, 1.82) is 0 Å². The molecule has 1 atom stereocenters. The molecule has 7 heteroatoms. The molecule has 0 spiro atoms. The van der Waals surface area contributed by atoms with E-state index in [1.807, 2.05) is 0 Å². The van der Waals surface area contributed by atoms with Crippen LogP contribution in [-0.2, 0) is 11.3 Å². The second-order valence-electron chi connectivity index (χ2n) is 4.00. The largest absolute Gasteiger partial charge is 0.408 e. The minimum absolute atomic E-state index is 0.220. The number of amides is 1. The Kier molecular flexibility index (Phi) is 5.34. The van der Waals surface area contributed by atoms with Crippen LogP contribution < -0.4 is 0 Å². The summed E-state index contributed by atoms with van der Waals surface area (Å²) >= 11 is 2.85. The fraction of sp³-hybridized carbons (Fsp3) is 0.417. The number of carbonyl (C=O) groups excluding carboxylic acids is 1. The van der Waals surface area contributed by atoms with Crippen molar-refractivity contribution in [2.24, 2.45) is 0 Å². The second-order valence-corrected chi connectivity index (χ2v) is 4.56. The van der Waals surface area contributed by atoms with Crippen molar-refractivity contribution in [2.45, 2.75) is 25.7 Å². The summed E-state index contributed by atoms with van der Waals surface area (Å²) in [7, 11) is 0. The van der Waals surface area contributed by atoms with Gasteiger partial charge in [0.2, 0.25) is 5.91 Å². The third-order valence-corrected chi connectivity index (χ3v) is 3.10. The molecule has 0 heterocycles. The molecule has 1 unspecified atom stereocenters. The van der Waals surface area contributed by atoms with Crippen LogP contribution in [0.15, 0.2) is 24.3 Å². The van der Waals surface area contributed by atoms with Gasteiger partial charge in [-0.15, -0.1) is 0 Å². The van der Waals surface area contributed by atoms with Gasteiger partial charge in [0.05, 0.1) is 5.33 Å². The molecule has 2 nitrogen and oxygen atoms in total. The van der Waals surface area contributed by atoms with Gasteiger partial charge in [-0.3, -0.25) is 4.79 Å². The van der Waals surface area contributed by atoms with Crippen molar-refractivity contribution in [3.05, 3.63) is 35.6 Å². The van der Waals surface area contributed by atoms with Crippen LogP contribution in [-0.4, -0.2) is 28.4 Å². The predicted octanol–water partition coefficient (Wildman–Crippen LogP) is 3.50. The molecule has 106 valence electrons. The van der Waals surface area contributed by atoms with E-state index in [0.29, 0.717) is 10.5 Å². The van der Waals surface area contributed by atoms with Crippen LogP contribution >= 0.6 is 15.9 Å². The minimum atomic E-state index is -4.52. The predicted molar refractivity (Wildman–Crippen MR) is 66.3 cm³/mol. The number of benzene rings is 1. The highest BCUT2D eigenvalue weighted by Crippen LogP contribution is 2.26. The van der Waals surface area contributed by atoms with Crippen LogP contribution in [0.1, 0.15) is 12.5 Å². The lowest BCUT2D eigenvalue weighted by Crippen LogP contribution is -2.47. The normalized spacial score (nSPS) is 13.2. The highest BCUT2D eigenvalue weighted by atomic mass is 79.9. The third kappa shape index (κ3) is 4.49. The van der Waals surface area contributed by atoms with E-state index in [-0.39, 0.29) is 11.9 Å². The summed E-state index contributed by atoms with van der Waals surface area (Å²) < 4.78 is 51.1. The van der Waals surface area contributed by atoms with E-state index in [9.17, 15) is 22.4 Å². The van der Waals surface area contributed by atoms with Gasteiger partial charge in [0.25, 0.3) is 0 Å². The van der Waals surface area contributed by atoms with Crippen LogP contribution in [0.5, 0.6) is 0 Å². The molecule has 19 heavy (non-hydrogen) atoms. The molecule has 0 radical (unpaired) electrons. The first-order valence-corrected chi connectivity index (χ1v) is 6.54. The lowest BCUT2D eigenvalue weighted by molar-refractivity contribution is -0.186. The molecule has 0 aliphatic rings. The molecule has 0 N–H and O–H groups in total. The SMILES string of the molecule is CC(N(Cc1cccc(F)c1)C(=O)CBr)C(F)(F)F. The molecule has 0 aromatic heterocycles. The van der Waals surface area contributed by atoms with Gasteiger partial charge in [-0.1, -0.05) is 28.1 Å². The Hall–Kier alpha value is -1.11. The van der Waals surface area contributed by atoms with Crippen molar-refractivity contribution >= 4 is 21.8 Å². The zero-order chi connectivity index (χ0) is 14.6. The van der Waals surface area contributed by atoms with Gasteiger partial charge in [-0.2, -0.15) is 13.2 Å². The van der Waals surface area contributed by atoms with E-state index in [0.717, 1.165) is 13.0 Å². The molecule has 0 aliphatic carbocycles. The molecular weight excluding hydrogens is 330 g/mol. The molecule has 0 saturated heterocycles. The third-order valence-electron chi connectivity index (χ3n) is 2.62. The van der Waals surface area contributed by atoms with E-state index < -0.39 is 23.9 Å². The Balaban J connectivity index is 2.96. The van der Waals surface area contributed by atoms with Gasteiger partial charge in [-0.05, 0) is 24.6 Å². The van der Waals surface area contributed by atoms with Crippen LogP contribution in [0.25, 0.3) is 0 Å². The first kappa shape index (κ1) is 15.9. The van der Waals surface area contributed by atoms with Gasteiger partial charge in [0, 0.05) is 6.54 Å². The van der Waals surface area contributed by atoms with Gasteiger partial charge >= 0.3 is 6.18 Å². The Bertz CT molecular complexity index is 450. The molecule has 1 rings (SSSR count). The first-order chi connectivity index (χ1) is 8.75. The zero-order valence-corrected chi connectivity index (χ0v) is 11.6. The van der Waals surface area contributed by atoms with E-state index in [2.05, 4.69) is 15.9 Å². The molecule has 0 bridgehead atoms. The molecular formula is C12H12BrF4NO. The number of rotatable bonds is 4. The smallest absolute Gasteiger partial charge is 0.326 e. The summed E-state index contributed by atoms with van der Waals surface area (Å²) in [6, 6.07) is 3.23. The second kappa shape index (κ2) is 6.36. The fourth-order valence-corrected chi connectivity index (χ4v) is 1.85. The Morgan fingerprint density at radius 3 is 2.53 bits per heavy atom. The Morgan fingerprint density at radius 1 is 1.42 bits per heavy atom. The van der Waals surface area contributed by atoms with Gasteiger partial charge < -0.3 is 4.90 Å². The van der Waals surface area contributed by atoms with Gasteiger partial charge in [0.15, 0.2) is 0 Å². The van der Waals surface area contributed by atoms with Crippen LogP contribution in [0.3, 0.4) is 0 Å². The molecule has 1 aromatic rings. The lowest BCUT2D eigenvalue weighted by Gasteiger charge is -2.30. The molecule has 0 saturated carbocycles. The molecule has 1 aromatic carbocycles. The van der Waals surface area contributed by atoms with Crippen LogP contribution in [0.2, 0.25) is 0 Å². The average molecular weight is 342 g/mol. The Labute approximate surface area is 116 Å². The van der Waals surface area contributed by atoms with E-state index >= 15 is 0 Å². The van der Waals surface area contributed by atoms with E-state index in [1.54, 1.807) is 0 Å². The first-order valence-electron chi connectivity index (χ1n) is 5.42. The quantitative estimate of drug-likeness (QED) is 0.606. The average Bonchev–Trinajstić information content (AvgIpc) is 2.33. The van der Waals surface area contributed by atoms with Crippen molar-refractivity contribution in [1.82, 2.24) is 4.90 Å². The standard InChI is InChI=1S/C12H12BrF4NO/c1-8(12(15,16)17)18(11(19)6-13)7-9-3-2-4-10(14)5-9/h2-5,8H,6-7H2,1H3. The van der Waals surface area contributed by atoms with Gasteiger partial charge in [-0.25, -0.2) is 4.39 Å². The number of carbonyl (C=O) groups is 1.